The van der Waals surface area contributed by atoms with Crippen LogP contribution in [-0.4, -0.2) is 17.5 Å². The quantitative estimate of drug-likeness (QED) is 0.358. The highest BCUT2D eigenvalue weighted by molar-refractivity contribution is 5.62. The van der Waals surface area contributed by atoms with Gasteiger partial charge in [0, 0.05) is 10.8 Å². The van der Waals surface area contributed by atoms with Gasteiger partial charge in [-0.05, 0) is 117 Å². The predicted octanol–water partition coefficient (Wildman–Crippen LogP) is 7.37. The second kappa shape index (κ2) is 7.31. The Labute approximate surface area is 202 Å². The molecule has 0 saturated heterocycles. The van der Waals surface area contributed by atoms with Crippen LogP contribution in [-0.2, 0) is 4.79 Å². The molecule has 0 amide bonds. The summed E-state index contributed by atoms with van der Waals surface area (Å²) in [4.78, 5) is 12.6. The largest absolute Gasteiger partial charge is 0.392 e. The average Bonchev–Trinajstić information content (AvgIpc) is 3.17. The van der Waals surface area contributed by atoms with Crippen molar-refractivity contribution in [1.29, 1.82) is 0 Å². The van der Waals surface area contributed by atoms with Crippen LogP contribution in [0.15, 0.2) is 24.8 Å². The van der Waals surface area contributed by atoms with Gasteiger partial charge in [-0.25, -0.2) is 0 Å². The third-order valence-electron chi connectivity index (χ3n) is 13.5. The summed E-state index contributed by atoms with van der Waals surface area (Å²) in [7, 11) is 0. The fourth-order valence-corrected chi connectivity index (χ4v) is 11.4. The number of aliphatic hydroxyl groups is 1. The minimum atomic E-state index is -0.262. The number of carbonyl (C=O) groups is 1. The van der Waals surface area contributed by atoms with E-state index in [1.165, 1.54) is 44.0 Å². The van der Waals surface area contributed by atoms with E-state index in [4.69, 9.17) is 0 Å². The fraction of sp³-hybridized carbons (Fsp3) is 0.839. The molecule has 0 heterocycles. The van der Waals surface area contributed by atoms with Gasteiger partial charge in [0.15, 0.2) is 0 Å². The van der Waals surface area contributed by atoms with Crippen molar-refractivity contribution in [2.24, 2.45) is 56.7 Å². The Morgan fingerprint density at radius 3 is 2.24 bits per heavy atom. The van der Waals surface area contributed by atoms with Crippen LogP contribution in [0.2, 0.25) is 0 Å². The van der Waals surface area contributed by atoms with Gasteiger partial charge in [0.05, 0.1) is 6.10 Å². The molecule has 184 valence electrons. The lowest BCUT2D eigenvalue weighted by molar-refractivity contribution is -0.241. The number of aldehydes is 1. The average molecular weight is 453 g/mol. The van der Waals surface area contributed by atoms with Gasteiger partial charge in [-0.1, -0.05) is 45.9 Å². The zero-order chi connectivity index (χ0) is 24.0. The number of rotatable bonds is 3. The number of hydrogen-bond donors (Lipinski definition) is 1. The Balaban J connectivity index is 1.56. The van der Waals surface area contributed by atoms with Gasteiger partial charge in [-0.3, -0.25) is 0 Å². The summed E-state index contributed by atoms with van der Waals surface area (Å²) in [5, 5.41) is 11.0. The summed E-state index contributed by atoms with van der Waals surface area (Å²) in [5.74, 6) is 2.82. The van der Waals surface area contributed by atoms with Crippen LogP contribution < -0.4 is 0 Å². The van der Waals surface area contributed by atoms with E-state index in [1.807, 2.05) is 0 Å². The van der Waals surface area contributed by atoms with E-state index < -0.39 is 0 Å². The van der Waals surface area contributed by atoms with Crippen LogP contribution in [0.4, 0.5) is 0 Å². The number of carbonyl (C=O) groups excluding carboxylic acids is 1. The third-order valence-corrected chi connectivity index (χ3v) is 13.5. The molecule has 2 nitrogen and oxygen atoms in total. The first-order chi connectivity index (χ1) is 15.4. The molecule has 2 heteroatoms. The molecule has 0 spiro atoms. The molecule has 0 aromatic carbocycles. The van der Waals surface area contributed by atoms with Crippen molar-refractivity contribution in [3.63, 3.8) is 0 Å². The first-order valence-corrected chi connectivity index (χ1v) is 13.9. The zero-order valence-corrected chi connectivity index (χ0v) is 22.0. The van der Waals surface area contributed by atoms with E-state index in [0.717, 1.165) is 32.1 Å². The molecule has 0 radical (unpaired) electrons. The minimum Gasteiger partial charge on any atom is -0.392 e. The summed E-state index contributed by atoms with van der Waals surface area (Å²) < 4.78 is 0. The zero-order valence-electron chi connectivity index (χ0n) is 22.0. The maximum absolute atomic E-state index is 12.6. The first kappa shape index (κ1) is 23.8. The van der Waals surface area contributed by atoms with Crippen LogP contribution in [0.5, 0.6) is 0 Å². The van der Waals surface area contributed by atoms with Gasteiger partial charge in [0.2, 0.25) is 0 Å². The van der Waals surface area contributed by atoms with E-state index in [1.54, 1.807) is 0 Å². The van der Waals surface area contributed by atoms with E-state index in [0.29, 0.717) is 35.0 Å². The summed E-state index contributed by atoms with van der Waals surface area (Å²) in [6, 6.07) is 0. The summed E-state index contributed by atoms with van der Waals surface area (Å²) >= 11 is 0. The Bertz CT molecular complexity index is 861. The van der Waals surface area contributed by atoms with Gasteiger partial charge < -0.3 is 9.90 Å². The number of allylic oxidation sites excluding steroid dienone is 1. The Hall–Kier alpha value is -0.890. The fourth-order valence-electron chi connectivity index (χ4n) is 11.4. The van der Waals surface area contributed by atoms with Crippen molar-refractivity contribution in [2.45, 2.75) is 105 Å². The van der Waals surface area contributed by atoms with E-state index in [-0.39, 0.29) is 27.8 Å². The van der Waals surface area contributed by atoms with Crippen molar-refractivity contribution in [1.82, 2.24) is 0 Å². The van der Waals surface area contributed by atoms with Crippen LogP contribution in [0.25, 0.3) is 0 Å². The second-order valence-electron chi connectivity index (χ2n) is 14.2. The third kappa shape index (κ3) is 2.74. The van der Waals surface area contributed by atoms with Gasteiger partial charge in [0.25, 0.3) is 0 Å². The monoisotopic (exact) mass is 452 g/mol. The van der Waals surface area contributed by atoms with Crippen molar-refractivity contribution < 1.29 is 9.90 Å². The molecule has 5 aliphatic carbocycles. The number of aliphatic hydroxyl groups excluding tert-OH is 1. The maximum Gasteiger partial charge on any atom is 0.126 e. The van der Waals surface area contributed by atoms with Gasteiger partial charge in [0.1, 0.15) is 6.29 Å². The molecule has 0 aromatic heterocycles. The number of fused-ring (bicyclic) bond motifs is 7. The van der Waals surface area contributed by atoms with Gasteiger partial charge in [-0.15, -0.1) is 6.58 Å². The molecule has 0 aliphatic heterocycles. The molecule has 11 atom stereocenters. The molecular formula is C31H48O2. The van der Waals surface area contributed by atoms with Crippen molar-refractivity contribution in [3.8, 4) is 0 Å². The Morgan fingerprint density at radius 2 is 1.61 bits per heavy atom. The highest BCUT2D eigenvalue weighted by atomic mass is 16.3. The lowest BCUT2D eigenvalue weighted by atomic mass is 9.32. The van der Waals surface area contributed by atoms with Crippen molar-refractivity contribution in [3.05, 3.63) is 24.8 Å². The van der Waals surface area contributed by atoms with Gasteiger partial charge >= 0.3 is 0 Å². The van der Waals surface area contributed by atoms with Crippen molar-refractivity contribution in [2.75, 3.05) is 0 Å². The Kier molecular flexibility index (Phi) is 5.28. The normalized spacial score (nSPS) is 57.8. The molecule has 0 aromatic rings. The SMILES string of the molecule is C=C[C@]1(C)C(O)CC[C@@]2(C)C1CC[C@]1(C)C2CCC2C3[C@H](C(=C)C)CCC3(C=O)CC[C@]21C. The molecule has 6 unspecified atom stereocenters. The minimum absolute atomic E-state index is 0.103. The summed E-state index contributed by atoms with van der Waals surface area (Å²) in [6.07, 6.45) is 14.7. The molecule has 33 heavy (non-hydrogen) atoms. The lowest BCUT2D eigenvalue weighted by Crippen LogP contribution is -2.66. The molecule has 1 N–H and O–H groups in total. The number of hydrogen-bond acceptors (Lipinski definition) is 2. The van der Waals surface area contributed by atoms with Crippen LogP contribution in [0.1, 0.15) is 98.8 Å². The smallest absolute Gasteiger partial charge is 0.126 e. The van der Waals surface area contributed by atoms with E-state index >= 15 is 0 Å². The van der Waals surface area contributed by atoms with Crippen LogP contribution in [0.3, 0.4) is 0 Å². The molecule has 5 fully saturated rings. The lowest BCUT2D eigenvalue weighted by Gasteiger charge is -2.72. The molecule has 5 rings (SSSR count). The predicted molar refractivity (Wildman–Crippen MR) is 136 cm³/mol. The molecule has 5 saturated carbocycles. The van der Waals surface area contributed by atoms with Crippen LogP contribution >= 0.6 is 0 Å². The highest BCUT2D eigenvalue weighted by Gasteiger charge is 2.71. The van der Waals surface area contributed by atoms with Crippen molar-refractivity contribution >= 4 is 6.29 Å². The highest BCUT2D eigenvalue weighted by Crippen LogP contribution is 2.77. The summed E-state index contributed by atoms with van der Waals surface area (Å²) in [6.45, 7) is 20.9. The Morgan fingerprint density at radius 1 is 0.879 bits per heavy atom. The maximum atomic E-state index is 12.6. The summed E-state index contributed by atoms with van der Waals surface area (Å²) in [5.41, 5.74) is 1.85. The standard InChI is InChI=1S/C31H48O2/c1-8-27(4)23-12-15-30(7)24(28(23,5)14-13-25(27)33)10-9-22-26-21(20(2)3)11-16-31(26,19-32)18-17-29(22,30)6/h8,19,21-26,33H,1-2,9-18H2,3-7H3/t21-,22?,23?,24?,25?,26?,27-,28-,29+,30+,31?/m0/s1. The molecule has 5 aliphatic rings. The van der Waals surface area contributed by atoms with E-state index in [9.17, 15) is 9.90 Å². The molecule has 0 bridgehead atoms. The van der Waals surface area contributed by atoms with Gasteiger partial charge in [-0.2, -0.15) is 0 Å². The van der Waals surface area contributed by atoms with Crippen LogP contribution in [0, 0.1) is 56.7 Å². The first-order valence-electron chi connectivity index (χ1n) is 13.9. The second-order valence-corrected chi connectivity index (χ2v) is 14.2. The van der Waals surface area contributed by atoms with E-state index in [2.05, 4.69) is 53.9 Å². The topological polar surface area (TPSA) is 37.3 Å². The molecular weight excluding hydrogens is 404 g/mol.